The Labute approximate surface area is 164 Å². The molecule has 0 spiro atoms. The monoisotopic (exact) mass is 377 g/mol. The molecule has 1 aliphatic rings. The molecule has 1 aromatic rings. The van der Waals surface area contributed by atoms with Gasteiger partial charge in [0.2, 0.25) is 0 Å². The molecule has 152 valence electrons. The molecule has 1 N–H and O–H groups in total. The van der Waals surface area contributed by atoms with Crippen molar-refractivity contribution in [3.63, 3.8) is 0 Å². The Hall–Kier alpha value is -1.60. The molecule has 0 saturated carbocycles. The summed E-state index contributed by atoms with van der Waals surface area (Å²) in [5.74, 6) is 1.37. The zero-order valence-corrected chi connectivity index (χ0v) is 17.3. The van der Waals surface area contributed by atoms with Crippen LogP contribution in [0, 0.1) is 0 Å². The summed E-state index contributed by atoms with van der Waals surface area (Å²) in [5, 5.41) is 10.4. The highest BCUT2D eigenvalue weighted by molar-refractivity contribution is 5.43. The number of rotatable bonds is 10. The summed E-state index contributed by atoms with van der Waals surface area (Å²) in [6.07, 6.45) is -0.521. The first-order valence-electron chi connectivity index (χ1n) is 9.59. The zero-order chi connectivity index (χ0) is 19.8. The second-order valence-electron chi connectivity index (χ2n) is 7.68. The molecule has 0 bridgehead atoms. The van der Waals surface area contributed by atoms with Crippen molar-refractivity contribution in [2.75, 3.05) is 67.1 Å². The molecule has 0 amide bonds. The minimum Gasteiger partial charge on any atom is -0.493 e. The third kappa shape index (κ3) is 7.50. The SMILES string of the molecule is C=C(C)CN(C)Cc1ccc(OC)c(OC[C@H](O)CN2CCN(C)CC2)c1. The van der Waals surface area contributed by atoms with E-state index in [4.69, 9.17) is 9.47 Å². The summed E-state index contributed by atoms with van der Waals surface area (Å²) in [7, 11) is 5.83. The van der Waals surface area contributed by atoms with Gasteiger partial charge >= 0.3 is 0 Å². The Balaban J connectivity index is 1.89. The first-order chi connectivity index (χ1) is 12.9. The molecule has 1 atom stereocenters. The summed E-state index contributed by atoms with van der Waals surface area (Å²) in [4.78, 5) is 6.80. The summed E-state index contributed by atoms with van der Waals surface area (Å²) < 4.78 is 11.3. The van der Waals surface area contributed by atoms with Crippen molar-refractivity contribution < 1.29 is 14.6 Å². The maximum atomic E-state index is 10.4. The number of hydrogen-bond acceptors (Lipinski definition) is 6. The number of aliphatic hydroxyl groups is 1. The number of methoxy groups -OCH3 is 1. The van der Waals surface area contributed by atoms with E-state index in [1.54, 1.807) is 7.11 Å². The molecule has 0 aliphatic carbocycles. The standard InChI is InChI=1S/C21H35N3O3/c1-17(2)13-23(4)14-18-6-7-20(26-5)21(12-18)27-16-19(25)15-24-10-8-22(3)9-11-24/h6-7,12,19,25H,1,8-11,13-16H2,2-5H3/t19-/m1/s1. The van der Waals surface area contributed by atoms with Crippen molar-refractivity contribution in [1.29, 1.82) is 0 Å². The van der Waals surface area contributed by atoms with Gasteiger partial charge in [-0.1, -0.05) is 18.2 Å². The van der Waals surface area contributed by atoms with E-state index in [0.717, 1.165) is 50.4 Å². The van der Waals surface area contributed by atoms with Crippen molar-refractivity contribution >= 4 is 0 Å². The van der Waals surface area contributed by atoms with Crippen LogP contribution in [-0.2, 0) is 6.54 Å². The molecule has 0 radical (unpaired) electrons. The van der Waals surface area contributed by atoms with Gasteiger partial charge in [0.1, 0.15) is 12.7 Å². The van der Waals surface area contributed by atoms with Gasteiger partial charge in [0, 0.05) is 45.8 Å². The molecule has 27 heavy (non-hydrogen) atoms. The fourth-order valence-electron chi connectivity index (χ4n) is 3.33. The van der Waals surface area contributed by atoms with E-state index < -0.39 is 6.10 Å². The predicted molar refractivity (Wildman–Crippen MR) is 110 cm³/mol. The highest BCUT2D eigenvalue weighted by atomic mass is 16.5. The number of β-amino-alcohol motifs (C(OH)–C–C–N with tert-alkyl or cyclic N) is 1. The van der Waals surface area contributed by atoms with Crippen LogP contribution in [0.2, 0.25) is 0 Å². The Morgan fingerprint density at radius 1 is 1.26 bits per heavy atom. The highest BCUT2D eigenvalue weighted by Crippen LogP contribution is 2.28. The minimum atomic E-state index is -0.521. The summed E-state index contributed by atoms with van der Waals surface area (Å²) in [6.45, 7) is 12.6. The van der Waals surface area contributed by atoms with Crippen LogP contribution in [0.4, 0.5) is 0 Å². The summed E-state index contributed by atoms with van der Waals surface area (Å²) in [5.41, 5.74) is 2.28. The second-order valence-corrected chi connectivity index (χ2v) is 7.68. The van der Waals surface area contributed by atoms with Crippen molar-refractivity contribution in [3.05, 3.63) is 35.9 Å². The van der Waals surface area contributed by atoms with Crippen molar-refractivity contribution in [1.82, 2.24) is 14.7 Å². The number of hydrogen-bond donors (Lipinski definition) is 1. The van der Waals surface area contributed by atoms with Gasteiger partial charge < -0.3 is 19.5 Å². The maximum Gasteiger partial charge on any atom is 0.161 e. The number of likely N-dealkylation sites (N-methyl/N-ethyl adjacent to an activating group) is 2. The van der Waals surface area contributed by atoms with Crippen LogP contribution in [0.25, 0.3) is 0 Å². The molecule has 1 saturated heterocycles. The molecular weight excluding hydrogens is 342 g/mol. The molecule has 0 unspecified atom stereocenters. The van der Waals surface area contributed by atoms with E-state index in [0.29, 0.717) is 18.0 Å². The topological polar surface area (TPSA) is 48.4 Å². The van der Waals surface area contributed by atoms with Gasteiger partial charge in [0.15, 0.2) is 11.5 Å². The first kappa shape index (κ1) is 21.7. The average Bonchev–Trinajstić information content (AvgIpc) is 2.61. The fourth-order valence-corrected chi connectivity index (χ4v) is 3.33. The van der Waals surface area contributed by atoms with Gasteiger partial charge in [-0.25, -0.2) is 0 Å². The summed E-state index contributed by atoms with van der Waals surface area (Å²) in [6, 6.07) is 5.96. The first-order valence-corrected chi connectivity index (χ1v) is 9.59. The van der Waals surface area contributed by atoms with E-state index in [2.05, 4.69) is 35.4 Å². The fraction of sp³-hybridized carbons (Fsp3) is 0.619. The smallest absolute Gasteiger partial charge is 0.161 e. The number of benzene rings is 1. The molecule has 6 nitrogen and oxygen atoms in total. The normalized spacial score (nSPS) is 17.1. The van der Waals surface area contributed by atoms with Gasteiger partial charge in [0.05, 0.1) is 7.11 Å². The van der Waals surface area contributed by atoms with Gasteiger partial charge in [-0.05, 0) is 38.7 Å². The summed E-state index contributed by atoms with van der Waals surface area (Å²) >= 11 is 0. The molecule has 1 heterocycles. The quantitative estimate of drug-likeness (QED) is 0.626. The van der Waals surface area contributed by atoms with Crippen molar-refractivity contribution in [3.8, 4) is 11.5 Å². The predicted octanol–water partition coefficient (Wildman–Crippen LogP) is 1.69. The number of ether oxygens (including phenoxy) is 2. The molecule has 0 aromatic heterocycles. The lowest BCUT2D eigenvalue weighted by atomic mass is 10.2. The largest absolute Gasteiger partial charge is 0.493 e. The van der Waals surface area contributed by atoms with Crippen LogP contribution in [-0.4, -0.2) is 93.0 Å². The number of aliphatic hydroxyl groups excluding tert-OH is 1. The average molecular weight is 378 g/mol. The Morgan fingerprint density at radius 2 is 1.96 bits per heavy atom. The lowest BCUT2D eigenvalue weighted by Crippen LogP contribution is -2.47. The molecule has 6 heteroatoms. The second kappa shape index (κ2) is 10.7. The van der Waals surface area contributed by atoms with Gasteiger partial charge in [0.25, 0.3) is 0 Å². The lowest BCUT2D eigenvalue weighted by Gasteiger charge is -2.33. The van der Waals surface area contributed by atoms with E-state index in [1.807, 2.05) is 25.1 Å². The number of nitrogens with zero attached hydrogens (tertiary/aromatic N) is 3. The molecule has 1 fully saturated rings. The van der Waals surface area contributed by atoms with Gasteiger partial charge in [-0.15, -0.1) is 0 Å². The van der Waals surface area contributed by atoms with E-state index >= 15 is 0 Å². The Kier molecular flexibility index (Phi) is 8.57. The highest BCUT2D eigenvalue weighted by Gasteiger charge is 2.18. The zero-order valence-electron chi connectivity index (χ0n) is 17.3. The molecule has 2 rings (SSSR count). The Morgan fingerprint density at radius 3 is 2.59 bits per heavy atom. The van der Waals surface area contributed by atoms with Crippen LogP contribution in [0.5, 0.6) is 11.5 Å². The molecule has 1 aliphatic heterocycles. The van der Waals surface area contributed by atoms with Crippen LogP contribution in [0.3, 0.4) is 0 Å². The van der Waals surface area contributed by atoms with Crippen LogP contribution in [0.1, 0.15) is 12.5 Å². The van der Waals surface area contributed by atoms with E-state index in [-0.39, 0.29) is 6.61 Å². The third-order valence-electron chi connectivity index (χ3n) is 4.72. The van der Waals surface area contributed by atoms with E-state index in [9.17, 15) is 5.11 Å². The molecular formula is C21H35N3O3. The number of piperazine rings is 1. The minimum absolute atomic E-state index is 0.258. The third-order valence-corrected chi connectivity index (χ3v) is 4.72. The molecule has 1 aromatic carbocycles. The maximum absolute atomic E-state index is 10.4. The van der Waals surface area contributed by atoms with Crippen LogP contribution >= 0.6 is 0 Å². The van der Waals surface area contributed by atoms with Crippen molar-refractivity contribution in [2.45, 2.75) is 19.6 Å². The van der Waals surface area contributed by atoms with Gasteiger partial charge in [-0.3, -0.25) is 9.80 Å². The lowest BCUT2D eigenvalue weighted by molar-refractivity contribution is 0.0497. The van der Waals surface area contributed by atoms with Crippen molar-refractivity contribution in [2.24, 2.45) is 0 Å². The van der Waals surface area contributed by atoms with Crippen LogP contribution < -0.4 is 9.47 Å². The van der Waals surface area contributed by atoms with E-state index in [1.165, 1.54) is 0 Å². The van der Waals surface area contributed by atoms with Crippen LogP contribution in [0.15, 0.2) is 30.4 Å². The van der Waals surface area contributed by atoms with Gasteiger partial charge in [-0.2, -0.15) is 0 Å². The Bertz CT molecular complexity index is 600.